The van der Waals surface area contributed by atoms with Crippen molar-refractivity contribution in [2.24, 2.45) is 0 Å². The van der Waals surface area contributed by atoms with Crippen LogP contribution in [0.4, 0.5) is 4.79 Å². The Morgan fingerprint density at radius 3 is 3.00 bits per heavy atom. The lowest BCUT2D eigenvalue weighted by Gasteiger charge is -2.20. The molecule has 0 radical (unpaired) electrons. The Hall–Kier alpha value is -2.52. The van der Waals surface area contributed by atoms with Crippen molar-refractivity contribution in [3.63, 3.8) is 0 Å². The van der Waals surface area contributed by atoms with Gasteiger partial charge in [0.25, 0.3) is 0 Å². The summed E-state index contributed by atoms with van der Waals surface area (Å²) in [4.78, 5) is 18.7. The molecular formula is C17H22N6O2S. The minimum absolute atomic E-state index is 0.182. The smallest absolute Gasteiger partial charge is 0.318 e. The SMILES string of the molecule is COCCn1cnnc1[C@@H](C)NC(=O)N(C)Cc1nc2ccccc2s1. The first-order valence-electron chi connectivity index (χ1n) is 8.31. The monoisotopic (exact) mass is 374 g/mol. The number of amides is 2. The molecule has 9 heteroatoms. The largest absolute Gasteiger partial charge is 0.383 e. The van der Waals surface area contributed by atoms with Crippen molar-refractivity contribution in [1.29, 1.82) is 0 Å². The molecule has 0 saturated carbocycles. The minimum Gasteiger partial charge on any atom is -0.383 e. The number of hydrogen-bond acceptors (Lipinski definition) is 6. The number of benzene rings is 1. The molecule has 1 N–H and O–H groups in total. The Bertz CT molecular complexity index is 844. The molecule has 8 nitrogen and oxygen atoms in total. The number of urea groups is 1. The van der Waals surface area contributed by atoms with Gasteiger partial charge in [-0.15, -0.1) is 21.5 Å². The third kappa shape index (κ3) is 4.17. The maximum Gasteiger partial charge on any atom is 0.318 e. The number of aromatic nitrogens is 4. The fourth-order valence-electron chi connectivity index (χ4n) is 2.58. The number of nitrogens with one attached hydrogen (secondary N) is 1. The lowest BCUT2D eigenvalue weighted by atomic mass is 10.3. The van der Waals surface area contributed by atoms with Gasteiger partial charge in [-0.05, 0) is 19.1 Å². The summed E-state index contributed by atoms with van der Waals surface area (Å²) in [7, 11) is 3.40. The number of hydrogen-bond donors (Lipinski definition) is 1. The van der Waals surface area contributed by atoms with Crippen molar-refractivity contribution >= 4 is 27.6 Å². The molecule has 0 aliphatic carbocycles. The molecule has 0 fully saturated rings. The summed E-state index contributed by atoms with van der Waals surface area (Å²) in [6.07, 6.45) is 1.64. The molecule has 1 atom stereocenters. The molecule has 2 aromatic heterocycles. The van der Waals surface area contributed by atoms with Gasteiger partial charge in [0.1, 0.15) is 11.3 Å². The quantitative estimate of drug-likeness (QED) is 0.686. The highest BCUT2D eigenvalue weighted by Crippen LogP contribution is 2.22. The van der Waals surface area contributed by atoms with E-state index in [4.69, 9.17) is 4.74 Å². The van der Waals surface area contributed by atoms with E-state index in [1.165, 1.54) is 0 Å². The number of carbonyl (C=O) groups is 1. The maximum atomic E-state index is 12.5. The Kier molecular flexibility index (Phi) is 5.79. The molecule has 0 bridgehead atoms. The van der Waals surface area contributed by atoms with Crippen LogP contribution in [0.1, 0.15) is 23.8 Å². The Morgan fingerprint density at radius 2 is 2.23 bits per heavy atom. The van der Waals surface area contributed by atoms with Gasteiger partial charge in [0.15, 0.2) is 5.82 Å². The van der Waals surface area contributed by atoms with E-state index >= 15 is 0 Å². The topological polar surface area (TPSA) is 85.2 Å². The molecule has 0 aliphatic rings. The lowest BCUT2D eigenvalue weighted by Crippen LogP contribution is -2.39. The van der Waals surface area contributed by atoms with Gasteiger partial charge in [-0.1, -0.05) is 12.1 Å². The third-order valence-corrected chi connectivity index (χ3v) is 4.99. The second-order valence-corrected chi connectivity index (χ2v) is 7.09. The summed E-state index contributed by atoms with van der Waals surface area (Å²) < 4.78 is 8.08. The standard InChI is InChI=1S/C17H22N6O2S/c1-12(16-21-18-11-23(16)8-9-25-3)19-17(24)22(2)10-15-20-13-6-4-5-7-14(13)26-15/h4-7,11-12H,8-10H2,1-3H3,(H,19,24)/t12-/m1/s1. The van der Waals surface area contributed by atoms with Gasteiger partial charge < -0.3 is 19.5 Å². The summed E-state index contributed by atoms with van der Waals surface area (Å²) in [5.41, 5.74) is 0.959. The molecule has 2 heterocycles. The van der Waals surface area contributed by atoms with Crippen molar-refractivity contribution < 1.29 is 9.53 Å². The van der Waals surface area contributed by atoms with E-state index in [2.05, 4.69) is 20.5 Å². The molecular weight excluding hydrogens is 352 g/mol. The Labute approximate surface area is 155 Å². The molecule has 26 heavy (non-hydrogen) atoms. The Balaban J connectivity index is 1.60. The summed E-state index contributed by atoms with van der Waals surface area (Å²) in [5.74, 6) is 0.698. The molecule has 3 aromatic rings. The van der Waals surface area contributed by atoms with Gasteiger partial charge in [0, 0.05) is 20.7 Å². The predicted molar refractivity (Wildman–Crippen MR) is 99.9 cm³/mol. The molecule has 0 aliphatic heterocycles. The van der Waals surface area contributed by atoms with Gasteiger partial charge in [-0.25, -0.2) is 9.78 Å². The van der Waals surface area contributed by atoms with Crippen LogP contribution in [0.3, 0.4) is 0 Å². The van der Waals surface area contributed by atoms with Gasteiger partial charge in [-0.3, -0.25) is 0 Å². The number of thiazole rings is 1. The van der Waals surface area contributed by atoms with Crippen LogP contribution in [0.15, 0.2) is 30.6 Å². The highest BCUT2D eigenvalue weighted by Gasteiger charge is 2.19. The average Bonchev–Trinajstić information content (AvgIpc) is 3.25. The first kappa shape index (κ1) is 18.3. The van der Waals surface area contributed by atoms with Crippen molar-refractivity contribution in [1.82, 2.24) is 30.0 Å². The summed E-state index contributed by atoms with van der Waals surface area (Å²) >= 11 is 1.60. The van der Waals surface area contributed by atoms with Crippen LogP contribution < -0.4 is 5.32 Å². The van der Waals surface area contributed by atoms with Crippen LogP contribution in [-0.4, -0.2) is 51.4 Å². The molecule has 138 valence electrons. The second kappa shape index (κ2) is 8.24. The van der Waals surface area contributed by atoms with Crippen molar-refractivity contribution in [2.75, 3.05) is 20.8 Å². The average molecular weight is 374 g/mol. The first-order valence-corrected chi connectivity index (χ1v) is 9.13. The molecule has 0 spiro atoms. The number of rotatable bonds is 7. The van der Waals surface area contributed by atoms with Gasteiger partial charge in [0.05, 0.1) is 29.4 Å². The van der Waals surface area contributed by atoms with Crippen molar-refractivity contribution in [3.8, 4) is 0 Å². The molecule has 0 unspecified atom stereocenters. The van der Waals surface area contributed by atoms with E-state index < -0.39 is 0 Å². The van der Waals surface area contributed by atoms with Crippen molar-refractivity contribution in [3.05, 3.63) is 41.4 Å². The van der Waals surface area contributed by atoms with E-state index in [9.17, 15) is 4.79 Å². The Morgan fingerprint density at radius 1 is 1.42 bits per heavy atom. The van der Waals surface area contributed by atoms with Gasteiger partial charge >= 0.3 is 6.03 Å². The zero-order valence-electron chi connectivity index (χ0n) is 15.0. The highest BCUT2D eigenvalue weighted by atomic mass is 32.1. The normalized spacial score (nSPS) is 12.3. The van der Waals surface area contributed by atoms with Crippen LogP contribution in [0.25, 0.3) is 10.2 Å². The fraction of sp³-hybridized carbons (Fsp3) is 0.412. The van der Waals surface area contributed by atoms with E-state index in [1.54, 1.807) is 36.7 Å². The van der Waals surface area contributed by atoms with Crippen LogP contribution >= 0.6 is 11.3 Å². The molecule has 1 aromatic carbocycles. The van der Waals surface area contributed by atoms with E-state index in [-0.39, 0.29) is 12.1 Å². The number of methoxy groups -OCH3 is 1. The van der Waals surface area contributed by atoms with E-state index in [0.29, 0.717) is 25.5 Å². The van der Waals surface area contributed by atoms with Crippen LogP contribution in [0, 0.1) is 0 Å². The van der Waals surface area contributed by atoms with E-state index in [1.807, 2.05) is 35.8 Å². The zero-order chi connectivity index (χ0) is 18.5. The minimum atomic E-state index is -0.264. The van der Waals surface area contributed by atoms with Gasteiger partial charge in [-0.2, -0.15) is 0 Å². The van der Waals surface area contributed by atoms with Crippen LogP contribution in [-0.2, 0) is 17.8 Å². The van der Waals surface area contributed by atoms with E-state index in [0.717, 1.165) is 15.2 Å². The highest BCUT2D eigenvalue weighted by molar-refractivity contribution is 7.18. The fourth-order valence-corrected chi connectivity index (χ4v) is 3.60. The van der Waals surface area contributed by atoms with Crippen molar-refractivity contribution in [2.45, 2.75) is 26.1 Å². The van der Waals surface area contributed by atoms with Crippen LogP contribution in [0.5, 0.6) is 0 Å². The molecule has 3 rings (SSSR count). The van der Waals surface area contributed by atoms with Crippen LogP contribution in [0.2, 0.25) is 0 Å². The summed E-state index contributed by atoms with van der Waals surface area (Å²) in [6.45, 7) is 3.54. The number of para-hydroxylation sites is 1. The predicted octanol–water partition coefficient (Wildman–Crippen LogP) is 2.44. The lowest BCUT2D eigenvalue weighted by molar-refractivity contribution is 0.184. The maximum absolute atomic E-state index is 12.5. The first-order chi connectivity index (χ1) is 12.6. The third-order valence-electron chi connectivity index (χ3n) is 3.97. The number of fused-ring (bicyclic) bond motifs is 1. The van der Waals surface area contributed by atoms with Gasteiger partial charge in [0.2, 0.25) is 0 Å². The zero-order valence-corrected chi connectivity index (χ0v) is 15.9. The molecule has 2 amide bonds. The number of nitrogens with zero attached hydrogens (tertiary/aromatic N) is 5. The number of carbonyl (C=O) groups excluding carboxylic acids is 1. The summed E-state index contributed by atoms with van der Waals surface area (Å²) in [6, 6.07) is 7.51. The second-order valence-electron chi connectivity index (χ2n) is 5.98. The number of ether oxygens (including phenoxy) is 1. The molecule has 0 saturated heterocycles. The summed E-state index contributed by atoms with van der Waals surface area (Å²) in [5, 5.41) is 11.9.